The molecule has 3 rings (SSSR count). The van der Waals surface area contributed by atoms with E-state index in [9.17, 15) is 9.90 Å². The molecule has 1 saturated heterocycles. The Morgan fingerprint density at radius 2 is 2.11 bits per heavy atom. The van der Waals surface area contributed by atoms with E-state index in [1.807, 2.05) is 20.8 Å². The molecule has 3 fully saturated rings. The summed E-state index contributed by atoms with van der Waals surface area (Å²) in [6, 6.07) is 0. The van der Waals surface area contributed by atoms with Crippen molar-refractivity contribution < 1.29 is 14.6 Å². The van der Waals surface area contributed by atoms with E-state index in [4.69, 9.17) is 4.74 Å². The van der Waals surface area contributed by atoms with Crippen molar-refractivity contribution in [3.63, 3.8) is 0 Å². The van der Waals surface area contributed by atoms with Crippen LogP contribution in [0.2, 0.25) is 0 Å². The molecular formula is C15H22O3. The minimum atomic E-state index is -0.888. The Hall–Kier alpha value is -0.670. The molecule has 0 radical (unpaired) electrons. The Morgan fingerprint density at radius 3 is 2.72 bits per heavy atom. The second-order valence-corrected chi connectivity index (χ2v) is 6.99. The molecule has 0 aromatic heterocycles. The first kappa shape index (κ1) is 12.4. The minimum absolute atomic E-state index is 0.0191. The molecule has 1 N–H and O–H groups in total. The van der Waals surface area contributed by atoms with E-state index >= 15 is 0 Å². The van der Waals surface area contributed by atoms with Gasteiger partial charge >= 0.3 is 0 Å². The van der Waals surface area contributed by atoms with Crippen LogP contribution in [-0.4, -0.2) is 28.2 Å². The van der Waals surface area contributed by atoms with Gasteiger partial charge in [0.2, 0.25) is 0 Å². The Balaban J connectivity index is 2.08. The molecule has 4 bridgehead atoms. The topological polar surface area (TPSA) is 46.5 Å². The highest BCUT2D eigenvalue weighted by Crippen LogP contribution is 2.65. The molecule has 0 spiro atoms. The van der Waals surface area contributed by atoms with Crippen LogP contribution in [0.5, 0.6) is 0 Å². The van der Waals surface area contributed by atoms with Crippen LogP contribution < -0.4 is 0 Å². The first-order valence-electron chi connectivity index (χ1n) is 6.79. The third kappa shape index (κ3) is 1.19. The largest absolute Gasteiger partial charge is 0.386 e. The minimum Gasteiger partial charge on any atom is -0.386 e. The Bertz CT molecular complexity index is 443. The summed E-state index contributed by atoms with van der Waals surface area (Å²) >= 11 is 0. The molecule has 18 heavy (non-hydrogen) atoms. The van der Waals surface area contributed by atoms with Crippen molar-refractivity contribution >= 4 is 5.78 Å². The van der Waals surface area contributed by atoms with E-state index in [2.05, 4.69) is 6.58 Å². The molecule has 3 nitrogen and oxygen atoms in total. The van der Waals surface area contributed by atoms with E-state index in [-0.39, 0.29) is 11.9 Å². The van der Waals surface area contributed by atoms with Gasteiger partial charge in [-0.05, 0) is 32.6 Å². The van der Waals surface area contributed by atoms with Gasteiger partial charge in [-0.1, -0.05) is 19.1 Å². The summed E-state index contributed by atoms with van der Waals surface area (Å²) in [6.07, 6.45) is 2.34. The summed E-state index contributed by atoms with van der Waals surface area (Å²) in [4.78, 5) is 11.9. The summed E-state index contributed by atoms with van der Waals surface area (Å²) in [5.74, 6) is 0.532. The third-order valence-electron chi connectivity index (χ3n) is 5.77. The lowest BCUT2D eigenvalue weighted by Crippen LogP contribution is -2.64. The molecule has 100 valence electrons. The fourth-order valence-corrected chi connectivity index (χ4v) is 4.54. The van der Waals surface area contributed by atoms with Gasteiger partial charge < -0.3 is 9.84 Å². The lowest BCUT2D eigenvalue weighted by Gasteiger charge is -2.53. The Labute approximate surface area is 108 Å². The summed E-state index contributed by atoms with van der Waals surface area (Å²) < 4.78 is 6.14. The number of carbonyl (C=O) groups is 1. The average Bonchev–Trinajstić information content (AvgIpc) is 2.36. The molecular weight excluding hydrogens is 228 g/mol. The number of aliphatic hydroxyl groups is 1. The van der Waals surface area contributed by atoms with E-state index in [0.717, 1.165) is 12.0 Å². The van der Waals surface area contributed by atoms with E-state index in [1.165, 1.54) is 0 Å². The summed E-state index contributed by atoms with van der Waals surface area (Å²) in [6.45, 7) is 9.97. The van der Waals surface area contributed by atoms with Crippen molar-refractivity contribution in [2.45, 2.75) is 63.8 Å². The van der Waals surface area contributed by atoms with Gasteiger partial charge in [-0.25, -0.2) is 0 Å². The molecule has 3 heteroatoms. The van der Waals surface area contributed by atoms with Crippen LogP contribution in [0.4, 0.5) is 0 Å². The maximum Gasteiger partial charge on any atom is 0.136 e. The third-order valence-corrected chi connectivity index (χ3v) is 5.77. The molecule has 0 aromatic carbocycles. The van der Waals surface area contributed by atoms with E-state index in [0.29, 0.717) is 25.2 Å². The highest BCUT2D eigenvalue weighted by atomic mass is 16.5. The van der Waals surface area contributed by atoms with Crippen molar-refractivity contribution in [3.8, 4) is 0 Å². The van der Waals surface area contributed by atoms with Gasteiger partial charge in [0.15, 0.2) is 0 Å². The smallest absolute Gasteiger partial charge is 0.136 e. The molecule has 0 unspecified atom stereocenters. The molecule has 0 aromatic rings. The lowest BCUT2D eigenvalue weighted by molar-refractivity contribution is -0.173. The highest BCUT2D eigenvalue weighted by molar-refractivity contribution is 5.83. The van der Waals surface area contributed by atoms with Gasteiger partial charge in [0.1, 0.15) is 17.0 Å². The predicted octanol–water partition coefficient (Wildman–Crippen LogP) is 2.23. The number of allylic oxidation sites excluding steroid dienone is 1. The SMILES string of the molecule is C=C(C)[C@H]1C[C@@H]2O[C@]3(C)CC(=O)C[C@]2(C)[C@@]3(O)C1. The standard InChI is InChI=1S/C15H22O3/c1-9(2)10-5-12-13(3)7-11(16)8-14(4,18-12)15(13,17)6-10/h10,12,17H,1,5-8H2,2-4H3/t10-,12-,13-,14+,15-/m0/s1. The molecule has 2 saturated carbocycles. The molecule has 0 amide bonds. The lowest BCUT2D eigenvalue weighted by atomic mass is 9.51. The van der Waals surface area contributed by atoms with Gasteiger partial charge in [0, 0.05) is 18.3 Å². The quantitative estimate of drug-likeness (QED) is 0.726. The number of hydrogen-bond donors (Lipinski definition) is 1. The first-order valence-corrected chi connectivity index (χ1v) is 6.79. The fraction of sp³-hybridized carbons (Fsp3) is 0.800. The number of ether oxygens (including phenoxy) is 1. The predicted molar refractivity (Wildman–Crippen MR) is 68.1 cm³/mol. The Kier molecular flexibility index (Phi) is 2.24. The summed E-state index contributed by atoms with van der Waals surface area (Å²) in [5.41, 5.74) is -0.893. The second-order valence-electron chi connectivity index (χ2n) is 6.99. The normalized spacial score (nSPS) is 54.6. The summed E-state index contributed by atoms with van der Waals surface area (Å²) in [5, 5.41) is 11.2. The second kappa shape index (κ2) is 3.26. The highest BCUT2D eigenvalue weighted by Gasteiger charge is 2.74. The van der Waals surface area contributed by atoms with Crippen LogP contribution >= 0.6 is 0 Å². The molecule has 5 atom stereocenters. The van der Waals surface area contributed by atoms with Gasteiger partial charge in [-0.15, -0.1) is 0 Å². The monoisotopic (exact) mass is 250 g/mol. The van der Waals surface area contributed by atoms with E-state index in [1.54, 1.807) is 0 Å². The maximum atomic E-state index is 11.9. The van der Waals surface area contributed by atoms with Crippen LogP contribution in [0.1, 0.15) is 46.5 Å². The van der Waals surface area contributed by atoms with Gasteiger partial charge in [-0.2, -0.15) is 0 Å². The first-order chi connectivity index (χ1) is 8.22. The molecule has 1 aliphatic heterocycles. The zero-order valence-electron chi connectivity index (χ0n) is 11.5. The van der Waals surface area contributed by atoms with Crippen molar-refractivity contribution in [3.05, 3.63) is 12.2 Å². The van der Waals surface area contributed by atoms with Gasteiger partial charge in [-0.3, -0.25) is 4.79 Å². The summed E-state index contributed by atoms with van der Waals surface area (Å²) in [7, 11) is 0. The average molecular weight is 250 g/mol. The van der Waals surface area contributed by atoms with Crippen LogP contribution in [0.3, 0.4) is 0 Å². The number of rotatable bonds is 1. The number of carbonyl (C=O) groups excluding carboxylic acids is 1. The van der Waals surface area contributed by atoms with Gasteiger partial charge in [0.25, 0.3) is 0 Å². The maximum absolute atomic E-state index is 11.9. The van der Waals surface area contributed by atoms with Crippen LogP contribution in [0.25, 0.3) is 0 Å². The number of ketones is 1. The van der Waals surface area contributed by atoms with Crippen molar-refractivity contribution in [2.75, 3.05) is 0 Å². The fourth-order valence-electron chi connectivity index (χ4n) is 4.54. The van der Waals surface area contributed by atoms with Crippen molar-refractivity contribution in [1.29, 1.82) is 0 Å². The van der Waals surface area contributed by atoms with Crippen molar-refractivity contribution in [1.82, 2.24) is 0 Å². The van der Waals surface area contributed by atoms with Gasteiger partial charge in [0.05, 0.1) is 6.10 Å². The number of Topliss-reactive ketones (excluding diaryl/α,β-unsaturated/α-hetero) is 1. The molecule has 3 aliphatic rings. The molecule has 2 aliphatic carbocycles. The van der Waals surface area contributed by atoms with Crippen molar-refractivity contribution in [2.24, 2.45) is 11.3 Å². The Morgan fingerprint density at radius 1 is 1.44 bits per heavy atom. The van der Waals surface area contributed by atoms with Crippen LogP contribution in [0, 0.1) is 11.3 Å². The molecule has 1 heterocycles. The number of hydrogen-bond acceptors (Lipinski definition) is 3. The van der Waals surface area contributed by atoms with Crippen LogP contribution in [-0.2, 0) is 9.53 Å². The zero-order valence-corrected chi connectivity index (χ0v) is 11.5. The van der Waals surface area contributed by atoms with Crippen LogP contribution in [0.15, 0.2) is 12.2 Å². The zero-order chi connectivity index (χ0) is 13.3. The van der Waals surface area contributed by atoms with E-state index < -0.39 is 16.6 Å².